The molecule has 0 aromatic carbocycles. The predicted molar refractivity (Wildman–Crippen MR) is 52.2 cm³/mol. The third kappa shape index (κ3) is 1.52. The summed E-state index contributed by atoms with van der Waals surface area (Å²) in [6.45, 7) is 7.40. The highest BCUT2D eigenvalue weighted by Crippen LogP contribution is 2.53. The van der Waals surface area contributed by atoms with E-state index in [2.05, 4.69) is 18.7 Å². The molecule has 1 aliphatic heterocycles. The summed E-state index contributed by atoms with van der Waals surface area (Å²) >= 11 is 0. The Bertz CT molecular complexity index is 150. The number of rotatable bonds is 2. The van der Waals surface area contributed by atoms with Crippen LogP contribution in [0.3, 0.4) is 0 Å². The largest absolute Gasteiger partial charge is 0.301 e. The predicted octanol–water partition coefficient (Wildman–Crippen LogP) is 2.66. The van der Waals surface area contributed by atoms with E-state index in [0.717, 1.165) is 11.5 Å². The molecule has 2 aliphatic rings. The Kier molecular flexibility index (Phi) is 2.16. The Labute approximate surface area is 76.1 Å². The molecule has 1 spiro atoms. The highest BCUT2D eigenvalue weighted by Gasteiger charge is 2.44. The Morgan fingerprint density at radius 1 is 1.17 bits per heavy atom. The molecule has 1 saturated carbocycles. The van der Waals surface area contributed by atoms with Crippen LogP contribution in [0, 0.1) is 5.41 Å². The monoisotopic (exact) mass is 167 g/mol. The molecule has 1 heterocycles. The topological polar surface area (TPSA) is 3.24 Å². The van der Waals surface area contributed by atoms with Gasteiger partial charge in [-0.25, -0.2) is 0 Å². The quantitative estimate of drug-likeness (QED) is 0.611. The third-order valence-corrected chi connectivity index (χ3v) is 4.03. The Balaban J connectivity index is 1.81. The zero-order chi connectivity index (χ0) is 8.60. The molecule has 1 aliphatic carbocycles. The van der Waals surface area contributed by atoms with Crippen molar-refractivity contribution < 1.29 is 0 Å². The van der Waals surface area contributed by atoms with Crippen molar-refractivity contribution in [3.63, 3.8) is 0 Å². The number of likely N-dealkylation sites (tertiary alicyclic amines) is 1. The fourth-order valence-electron chi connectivity index (χ4n) is 2.37. The van der Waals surface area contributed by atoms with Crippen LogP contribution in [0.2, 0.25) is 0 Å². The maximum absolute atomic E-state index is 2.67. The minimum atomic E-state index is 0.820. The molecule has 0 N–H and O–H groups in total. The maximum Gasteiger partial charge on any atom is 0.00643 e. The lowest BCUT2D eigenvalue weighted by atomic mass is 9.93. The summed E-state index contributed by atoms with van der Waals surface area (Å²) in [6, 6.07) is 0.820. The summed E-state index contributed by atoms with van der Waals surface area (Å²) in [5.74, 6) is 0. The van der Waals surface area contributed by atoms with Crippen molar-refractivity contribution in [3.05, 3.63) is 0 Å². The number of hydrogen-bond donors (Lipinski definition) is 0. The highest BCUT2D eigenvalue weighted by molar-refractivity contribution is 4.97. The van der Waals surface area contributed by atoms with E-state index in [1.54, 1.807) is 0 Å². The van der Waals surface area contributed by atoms with Crippen molar-refractivity contribution in [1.29, 1.82) is 0 Å². The molecule has 0 amide bonds. The van der Waals surface area contributed by atoms with Crippen LogP contribution >= 0.6 is 0 Å². The van der Waals surface area contributed by atoms with Gasteiger partial charge in [0.15, 0.2) is 0 Å². The molecule has 70 valence electrons. The smallest absolute Gasteiger partial charge is 0.00643 e. The van der Waals surface area contributed by atoms with Gasteiger partial charge >= 0.3 is 0 Å². The van der Waals surface area contributed by atoms with Gasteiger partial charge in [-0.15, -0.1) is 0 Å². The Hall–Kier alpha value is -0.0400. The zero-order valence-electron chi connectivity index (χ0n) is 8.47. The van der Waals surface area contributed by atoms with Crippen LogP contribution in [0.1, 0.15) is 46.0 Å². The van der Waals surface area contributed by atoms with Gasteiger partial charge in [-0.05, 0) is 57.5 Å². The first kappa shape index (κ1) is 8.55. The van der Waals surface area contributed by atoms with Crippen molar-refractivity contribution in [2.45, 2.75) is 52.0 Å². The second-order valence-corrected chi connectivity index (χ2v) is 4.79. The lowest BCUT2D eigenvalue weighted by Gasteiger charge is -2.35. The van der Waals surface area contributed by atoms with Gasteiger partial charge in [-0.2, -0.15) is 0 Å². The van der Waals surface area contributed by atoms with Gasteiger partial charge in [0.1, 0.15) is 0 Å². The van der Waals surface area contributed by atoms with Gasteiger partial charge < -0.3 is 4.90 Å². The Morgan fingerprint density at radius 3 is 2.17 bits per heavy atom. The van der Waals surface area contributed by atoms with E-state index in [1.165, 1.54) is 45.2 Å². The third-order valence-electron chi connectivity index (χ3n) is 4.03. The van der Waals surface area contributed by atoms with Crippen molar-refractivity contribution in [3.8, 4) is 0 Å². The maximum atomic E-state index is 2.67. The second kappa shape index (κ2) is 3.02. The first-order valence-electron chi connectivity index (χ1n) is 5.50. The summed E-state index contributed by atoms with van der Waals surface area (Å²) in [6.07, 6.45) is 7.34. The Morgan fingerprint density at radius 2 is 1.75 bits per heavy atom. The molecule has 1 heteroatoms. The van der Waals surface area contributed by atoms with E-state index in [-0.39, 0.29) is 0 Å². The van der Waals surface area contributed by atoms with Gasteiger partial charge in [-0.1, -0.05) is 6.92 Å². The minimum absolute atomic E-state index is 0.820. The first-order valence-corrected chi connectivity index (χ1v) is 5.50. The number of piperidine rings is 1. The molecule has 0 bridgehead atoms. The molecular formula is C11H21N. The lowest BCUT2D eigenvalue weighted by molar-refractivity contribution is 0.129. The molecule has 1 atom stereocenters. The molecule has 1 unspecified atom stereocenters. The molecular weight excluding hydrogens is 146 g/mol. The van der Waals surface area contributed by atoms with Crippen LogP contribution < -0.4 is 0 Å². The molecule has 1 saturated heterocycles. The van der Waals surface area contributed by atoms with Crippen LogP contribution in [0.4, 0.5) is 0 Å². The first-order chi connectivity index (χ1) is 5.76. The fraction of sp³-hybridized carbons (Fsp3) is 1.00. The van der Waals surface area contributed by atoms with Crippen LogP contribution in [-0.2, 0) is 0 Å². The number of nitrogens with zero attached hydrogens (tertiary/aromatic N) is 1. The lowest BCUT2D eigenvalue weighted by Crippen LogP contribution is -2.40. The van der Waals surface area contributed by atoms with E-state index in [4.69, 9.17) is 0 Å². The standard InChI is InChI=1S/C11H21N/c1-3-10(2)12-8-6-11(4-5-11)7-9-12/h10H,3-9H2,1-2H3. The van der Waals surface area contributed by atoms with Crippen molar-refractivity contribution >= 4 is 0 Å². The zero-order valence-corrected chi connectivity index (χ0v) is 8.47. The van der Waals surface area contributed by atoms with Gasteiger partial charge in [0.25, 0.3) is 0 Å². The van der Waals surface area contributed by atoms with Crippen molar-refractivity contribution in [1.82, 2.24) is 4.90 Å². The van der Waals surface area contributed by atoms with Crippen molar-refractivity contribution in [2.24, 2.45) is 5.41 Å². The average Bonchev–Trinajstić information content (AvgIpc) is 2.85. The van der Waals surface area contributed by atoms with Crippen LogP contribution in [-0.4, -0.2) is 24.0 Å². The minimum Gasteiger partial charge on any atom is -0.301 e. The van der Waals surface area contributed by atoms with E-state index >= 15 is 0 Å². The molecule has 2 rings (SSSR count). The normalized spacial score (nSPS) is 30.5. The summed E-state index contributed by atoms with van der Waals surface area (Å²) in [7, 11) is 0. The van der Waals surface area contributed by atoms with Crippen LogP contribution in [0.5, 0.6) is 0 Å². The van der Waals surface area contributed by atoms with Gasteiger partial charge in [0, 0.05) is 6.04 Å². The summed E-state index contributed by atoms with van der Waals surface area (Å²) in [5, 5.41) is 0. The summed E-state index contributed by atoms with van der Waals surface area (Å²) in [5.41, 5.74) is 0.851. The van der Waals surface area contributed by atoms with Gasteiger partial charge in [0.2, 0.25) is 0 Å². The van der Waals surface area contributed by atoms with Crippen LogP contribution in [0.15, 0.2) is 0 Å². The van der Waals surface area contributed by atoms with E-state index in [1.807, 2.05) is 0 Å². The van der Waals surface area contributed by atoms with Gasteiger partial charge in [0.05, 0.1) is 0 Å². The molecule has 0 aromatic heterocycles. The average molecular weight is 167 g/mol. The number of hydrogen-bond acceptors (Lipinski definition) is 1. The summed E-state index contributed by atoms with van der Waals surface area (Å²) < 4.78 is 0. The molecule has 0 aromatic rings. The fourth-order valence-corrected chi connectivity index (χ4v) is 2.37. The van der Waals surface area contributed by atoms with E-state index < -0.39 is 0 Å². The van der Waals surface area contributed by atoms with E-state index in [0.29, 0.717) is 0 Å². The van der Waals surface area contributed by atoms with Crippen molar-refractivity contribution in [2.75, 3.05) is 13.1 Å². The molecule has 2 fully saturated rings. The van der Waals surface area contributed by atoms with E-state index in [9.17, 15) is 0 Å². The molecule has 12 heavy (non-hydrogen) atoms. The second-order valence-electron chi connectivity index (χ2n) is 4.79. The SMILES string of the molecule is CCC(C)N1CCC2(CC1)CC2. The molecule has 1 nitrogen and oxygen atoms in total. The highest BCUT2D eigenvalue weighted by atomic mass is 15.2. The van der Waals surface area contributed by atoms with Crippen LogP contribution in [0.25, 0.3) is 0 Å². The summed E-state index contributed by atoms with van der Waals surface area (Å²) in [4.78, 5) is 2.67. The molecule has 0 radical (unpaired) electrons. The van der Waals surface area contributed by atoms with Gasteiger partial charge in [-0.3, -0.25) is 0 Å².